The average Bonchev–Trinajstić information content (AvgIpc) is 2.28. The van der Waals surface area contributed by atoms with Gasteiger partial charge in [-0.25, -0.2) is 4.39 Å². The van der Waals surface area contributed by atoms with Crippen LogP contribution >= 0.6 is 15.9 Å². The fourth-order valence-corrected chi connectivity index (χ4v) is 2.24. The van der Waals surface area contributed by atoms with E-state index in [4.69, 9.17) is 5.11 Å². The van der Waals surface area contributed by atoms with Gasteiger partial charge in [-0.3, -0.25) is 4.79 Å². The minimum Gasteiger partial charge on any atom is -0.481 e. The van der Waals surface area contributed by atoms with Crippen LogP contribution in [0, 0.1) is 5.82 Å². The lowest BCUT2D eigenvalue weighted by atomic mass is 9.98. The van der Waals surface area contributed by atoms with Gasteiger partial charge < -0.3 is 10.0 Å². The molecule has 0 aromatic heterocycles. The lowest BCUT2D eigenvalue weighted by Crippen LogP contribution is -2.43. The minimum absolute atomic E-state index is 0.0600. The summed E-state index contributed by atoms with van der Waals surface area (Å²) >= 11 is 3.32. The van der Waals surface area contributed by atoms with Gasteiger partial charge in [0, 0.05) is 16.6 Å². The van der Waals surface area contributed by atoms with Crippen LogP contribution in [0.25, 0.3) is 0 Å². The summed E-state index contributed by atoms with van der Waals surface area (Å²) in [6, 6.07) is 4.85. The van der Waals surface area contributed by atoms with E-state index in [2.05, 4.69) is 15.9 Å². The zero-order chi connectivity index (χ0) is 14.6. The van der Waals surface area contributed by atoms with Crippen molar-refractivity contribution in [2.75, 3.05) is 13.6 Å². The number of carboxylic acids is 1. The number of hydrogen-bond donors (Lipinski definition) is 1. The summed E-state index contributed by atoms with van der Waals surface area (Å²) in [5, 5.41) is 8.87. The van der Waals surface area contributed by atoms with E-state index < -0.39 is 11.5 Å². The Morgan fingerprint density at radius 2 is 2.11 bits per heavy atom. The Balaban J connectivity index is 2.65. The maximum absolute atomic E-state index is 13.6. The first kappa shape index (κ1) is 16.1. The summed E-state index contributed by atoms with van der Waals surface area (Å²) < 4.78 is 14.4. The third-order valence-electron chi connectivity index (χ3n) is 3.34. The molecule has 0 radical (unpaired) electrons. The Morgan fingerprint density at radius 1 is 1.47 bits per heavy atom. The van der Waals surface area contributed by atoms with Crippen molar-refractivity contribution in [1.82, 2.24) is 4.90 Å². The molecule has 3 nitrogen and oxygen atoms in total. The molecular weight excluding hydrogens is 313 g/mol. The van der Waals surface area contributed by atoms with Crippen LogP contribution in [-0.2, 0) is 11.2 Å². The van der Waals surface area contributed by atoms with Gasteiger partial charge in [0.25, 0.3) is 0 Å². The number of carboxylic acid groups (broad SMARTS) is 1. The van der Waals surface area contributed by atoms with Crippen molar-refractivity contribution < 1.29 is 14.3 Å². The average molecular weight is 332 g/mol. The van der Waals surface area contributed by atoms with Crippen LogP contribution in [0.5, 0.6) is 0 Å². The quantitative estimate of drug-likeness (QED) is 0.869. The third-order valence-corrected chi connectivity index (χ3v) is 3.83. The highest BCUT2D eigenvalue weighted by molar-refractivity contribution is 9.10. The van der Waals surface area contributed by atoms with Crippen LogP contribution in [0.3, 0.4) is 0 Å². The molecule has 19 heavy (non-hydrogen) atoms. The molecule has 0 aliphatic carbocycles. The lowest BCUT2D eigenvalue weighted by Gasteiger charge is -2.34. The highest BCUT2D eigenvalue weighted by atomic mass is 79.9. The Labute approximate surface area is 121 Å². The SMILES string of the molecule is CN(CCc1cc(Br)ccc1F)C(C)(C)CC(=O)O. The molecular formula is C14H19BrFNO2. The van der Waals surface area contributed by atoms with Crippen molar-refractivity contribution in [1.29, 1.82) is 0 Å². The predicted molar refractivity (Wildman–Crippen MR) is 76.8 cm³/mol. The minimum atomic E-state index is -0.828. The van der Waals surface area contributed by atoms with Gasteiger partial charge in [0.05, 0.1) is 6.42 Å². The number of aliphatic carboxylic acids is 1. The molecule has 0 saturated carbocycles. The fraction of sp³-hybridized carbons (Fsp3) is 0.500. The molecule has 0 saturated heterocycles. The van der Waals surface area contributed by atoms with Gasteiger partial charge in [-0.1, -0.05) is 15.9 Å². The monoisotopic (exact) mass is 331 g/mol. The first-order valence-electron chi connectivity index (χ1n) is 6.09. The number of rotatable bonds is 6. The summed E-state index contributed by atoms with van der Waals surface area (Å²) in [5.74, 6) is -1.06. The molecule has 1 aromatic rings. The second-order valence-corrected chi connectivity index (χ2v) is 6.21. The van der Waals surface area contributed by atoms with Gasteiger partial charge in [0.2, 0.25) is 0 Å². The Kier molecular flexibility index (Phi) is 5.50. The summed E-state index contributed by atoms with van der Waals surface area (Å²) in [5.41, 5.74) is 0.182. The predicted octanol–water partition coefficient (Wildman–Crippen LogP) is 3.32. The number of halogens is 2. The molecule has 1 N–H and O–H groups in total. The van der Waals surface area contributed by atoms with E-state index in [0.29, 0.717) is 18.5 Å². The van der Waals surface area contributed by atoms with E-state index in [1.165, 1.54) is 6.07 Å². The second kappa shape index (κ2) is 6.48. The Hall–Kier alpha value is -0.940. The highest BCUT2D eigenvalue weighted by Crippen LogP contribution is 2.20. The number of likely N-dealkylation sites (N-methyl/N-ethyl adjacent to an activating group) is 1. The summed E-state index contributed by atoms with van der Waals surface area (Å²) in [4.78, 5) is 12.7. The van der Waals surface area contributed by atoms with Crippen LogP contribution in [0.4, 0.5) is 4.39 Å². The number of benzene rings is 1. The molecule has 0 spiro atoms. The topological polar surface area (TPSA) is 40.5 Å². The van der Waals surface area contributed by atoms with Gasteiger partial charge in [0.1, 0.15) is 5.82 Å². The molecule has 0 aliphatic heterocycles. The van der Waals surface area contributed by atoms with Gasteiger partial charge >= 0.3 is 5.97 Å². The largest absolute Gasteiger partial charge is 0.481 e. The lowest BCUT2D eigenvalue weighted by molar-refractivity contribution is -0.139. The highest BCUT2D eigenvalue weighted by Gasteiger charge is 2.26. The van der Waals surface area contributed by atoms with Crippen LogP contribution < -0.4 is 0 Å². The molecule has 0 heterocycles. The van der Waals surface area contributed by atoms with E-state index in [0.717, 1.165) is 4.47 Å². The van der Waals surface area contributed by atoms with E-state index in [1.54, 1.807) is 12.1 Å². The van der Waals surface area contributed by atoms with Crippen LogP contribution in [0.1, 0.15) is 25.8 Å². The van der Waals surface area contributed by atoms with Crippen molar-refractivity contribution in [2.24, 2.45) is 0 Å². The Morgan fingerprint density at radius 3 is 2.68 bits per heavy atom. The molecule has 0 amide bonds. The van der Waals surface area contributed by atoms with E-state index in [1.807, 2.05) is 25.8 Å². The molecule has 1 rings (SSSR count). The van der Waals surface area contributed by atoms with E-state index in [-0.39, 0.29) is 12.2 Å². The maximum Gasteiger partial charge on any atom is 0.305 e. The van der Waals surface area contributed by atoms with Crippen molar-refractivity contribution >= 4 is 21.9 Å². The first-order chi connectivity index (χ1) is 8.72. The summed E-state index contributed by atoms with van der Waals surface area (Å²) in [7, 11) is 1.86. The smallest absolute Gasteiger partial charge is 0.305 e. The normalized spacial score (nSPS) is 11.9. The van der Waals surface area contributed by atoms with Crippen molar-refractivity contribution in [3.05, 3.63) is 34.1 Å². The van der Waals surface area contributed by atoms with Gasteiger partial charge in [-0.15, -0.1) is 0 Å². The van der Waals surface area contributed by atoms with Crippen LogP contribution in [0.15, 0.2) is 22.7 Å². The molecule has 0 atom stereocenters. The number of hydrogen-bond acceptors (Lipinski definition) is 2. The summed E-state index contributed by atoms with van der Waals surface area (Å²) in [6.07, 6.45) is 0.606. The third kappa shape index (κ3) is 4.91. The van der Waals surface area contributed by atoms with Crippen LogP contribution in [-0.4, -0.2) is 35.1 Å². The molecule has 0 aliphatic rings. The number of nitrogens with zero attached hydrogens (tertiary/aromatic N) is 1. The van der Waals surface area contributed by atoms with Crippen molar-refractivity contribution in [3.8, 4) is 0 Å². The van der Waals surface area contributed by atoms with Crippen molar-refractivity contribution in [2.45, 2.75) is 32.2 Å². The molecule has 106 valence electrons. The maximum atomic E-state index is 13.6. The molecule has 5 heteroatoms. The van der Waals surface area contributed by atoms with Crippen molar-refractivity contribution in [3.63, 3.8) is 0 Å². The fourth-order valence-electron chi connectivity index (χ4n) is 1.83. The molecule has 0 unspecified atom stereocenters. The molecule has 1 aromatic carbocycles. The van der Waals surface area contributed by atoms with E-state index in [9.17, 15) is 9.18 Å². The number of carbonyl (C=O) groups is 1. The first-order valence-corrected chi connectivity index (χ1v) is 6.88. The molecule has 0 bridgehead atoms. The standard InChI is InChI=1S/C14H19BrFNO2/c1-14(2,9-13(18)19)17(3)7-6-10-8-11(15)4-5-12(10)16/h4-5,8H,6-7,9H2,1-3H3,(H,18,19). The van der Waals surface area contributed by atoms with Gasteiger partial charge in [-0.05, 0) is 51.1 Å². The van der Waals surface area contributed by atoms with Crippen LogP contribution in [0.2, 0.25) is 0 Å². The Bertz CT molecular complexity index is 463. The van der Waals surface area contributed by atoms with E-state index >= 15 is 0 Å². The molecule has 0 fully saturated rings. The summed E-state index contributed by atoms with van der Waals surface area (Å²) in [6.45, 7) is 4.35. The zero-order valence-electron chi connectivity index (χ0n) is 11.4. The zero-order valence-corrected chi connectivity index (χ0v) is 13.0. The van der Waals surface area contributed by atoms with Gasteiger partial charge in [-0.2, -0.15) is 0 Å². The second-order valence-electron chi connectivity index (χ2n) is 5.29. The van der Waals surface area contributed by atoms with Gasteiger partial charge in [0.15, 0.2) is 0 Å².